The Balaban J connectivity index is 1.91. The Morgan fingerprint density at radius 1 is 1.45 bits per heavy atom. The van der Waals surface area contributed by atoms with Crippen LogP contribution in [0.25, 0.3) is 0 Å². The minimum Gasteiger partial charge on any atom is -0.386 e. The van der Waals surface area contributed by atoms with Crippen molar-refractivity contribution in [3.8, 4) is 0 Å². The molecule has 1 aromatic carbocycles. The maximum Gasteiger partial charge on any atom is 0.242 e. The molecule has 0 bridgehead atoms. The maximum atomic E-state index is 12.8. The summed E-state index contributed by atoms with van der Waals surface area (Å²) in [7, 11) is 0. The van der Waals surface area contributed by atoms with E-state index in [1.54, 1.807) is 6.92 Å². The summed E-state index contributed by atoms with van der Waals surface area (Å²) >= 11 is 0. The quantitative estimate of drug-likeness (QED) is 0.806. The molecule has 1 aromatic heterocycles. The summed E-state index contributed by atoms with van der Waals surface area (Å²) in [6.07, 6.45) is 0.397. The standard InChI is InChI=1S/C12H14FN5O2/c1-8(12(20)9-2-4-10(13)5-3-9)15-11(19)6-18-7-14-16-17-18/h2-5,7-8,12,20H,6H2,1H3,(H,15,19). The predicted molar refractivity (Wildman–Crippen MR) is 66.8 cm³/mol. The van der Waals surface area contributed by atoms with Crippen molar-refractivity contribution < 1.29 is 14.3 Å². The molecule has 8 heteroatoms. The van der Waals surface area contributed by atoms with E-state index in [0.717, 1.165) is 0 Å². The molecule has 0 radical (unpaired) electrons. The first-order valence-corrected chi connectivity index (χ1v) is 6.00. The minimum atomic E-state index is -0.923. The summed E-state index contributed by atoms with van der Waals surface area (Å²) in [5.74, 6) is -0.706. The zero-order chi connectivity index (χ0) is 14.5. The van der Waals surface area contributed by atoms with E-state index in [1.807, 2.05) is 0 Å². The van der Waals surface area contributed by atoms with Gasteiger partial charge in [-0.05, 0) is 35.0 Å². The Labute approximate surface area is 114 Å². The Morgan fingerprint density at radius 2 is 2.15 bits per heavy atom. The Hall–Kier alpha value is -2.35. The molecule has 2 rings (SSSR count). The fraction of sp³-hybridized carbons (Fsp3) is 0.333. The number of rotatable bonds is 5. The highest BCUT2D eigenvalue weighted by molar-refractivity contribution is 5.75. The number of benzene rings is 1. The van der Waals surface area contributed by atoms with Crippen LogP contribution < -0.4 is 5.32 Å². The molecule has 2 unspecified atom stereocenters. The first kappa shape index (κ1) is 14.1. The first-order valence-electron chi connectivity index (χ1n) is 6.00. The summed E-state index contributed by atoms with van der Waals surface area (Å²) in [5, 5.41) is 23.1. The van der Waals surface area contributed by atoms with Gasteiger partial charge in [0.05, 0.1) is 12.1 Å². The van der Waals surface area contributed by atoms with Crippen LogP contribution in [0, 0.1) is 5.82 Å². The molecule has 1 amide bonds. The lowest BCUT2D eigenvalue weighted by Gasteiger charge is -2.20. The van der Waals surface area contributed by atoms with E-state index in [9.17, 15) is 14.3 Å². The van der Waals surface area contributed by atoms with Crippen molar-refractivity contribution in [3.63, 3.8) is 0 Å². The average molecular weight is 279 g/mol. The molecular weight excluding hydrogens is 265 g/mol. The van der Waals surface area contributed by atoms with Crippen LogP contribution >= 0.6 is 0 Å². The van der Waals surface area contributed by atoms with Crippen LogP contribution in [-0.4, -0.2) is 37.3 Å². The van der Waals surface area contributed by atoms with E-state index in [1.165, 1.54) is 35.3 Å². The number of nitrogens with one attached hydrogen (secondary N) is 1. The predicted octanol–water partition coefficient (Wildman–Crippen LogP) is 0.0505. The maximum absolute atomic E-state index is 12.8. The minimum absolute atomic E-state index is 0.0342. The Morgan fingerprint density at radius 3 is 2.75 bits per heavy atom. The van der Waals surface area contributed by atoms with Gasteiger partial charge in [-0.15, -0.1) is 5.10 Å². The number of tetrazole rings is 1. The van der Waals surface area contributed by atoms with E-state index in [0.29, 0.717) is 5.56 Å². The highest BCUT2D eigenvalue weighted by Gasteiger charge is 2.18. The van der Waals surface area contributed by atoms with Gasteiger partial charge in [0.2, 0.25) is 5.91 Å². The number of carbonyl (C=O) groups is 1. The van der Waals surface area contributed by atoms with Crippen LogP contribution in [0.1, 0.15) is 18.6 Å². The first-order chi connectivity index (χ1) is 9.56. The second kappa shape index (κ2) is 6.20. The van der Waals surface area contributed by atoms with Gasteiger partial charge in [-0.2, -0.15) is 0 Å². The average Bonchev–Trinajstić information content (AvgIpc) is 2.91. The second-order valence-electron chi connectivity index (χ2n) is 4.36. The van der Waals surface area contributed by atoms with Gasteiger partial charge in [0.25, 0.3) is 0 Å². The molecule has 2 N–H and O–H groups in total. The Bertz CT molecular complexity index is 558. The van der Waals surface area contributed by atoms with Crippen molar-refractivity contribution in [3.05, 3.63) is 42.0 Å². The summed E-state index contributed by atoms with van der Waals surface area (Å²) in [6.45, 7) is 1.62. The lowest BCUT2D eigenvalue weighted by molar-refractivity contribution is -0.123. The van der Waals surface area contributed by atoms with Crippen molar-refractivity contribution in [2.24, 2.45) is 0 Å². The van der Waals surface area contributed by atoms with Crippen LogP contribution in [0.5, 0.6) is 0 Å². The van der Waals surface area contributed by atoms with Gasteiger partial charge in [0, 0.05) is 0 Å². The Kier molecular flexibility index (Phi) is 4.36. The van der Waals surface area contributed by atoms with Crippen LogP contribution in [0.3, 0.4) is 0 Å². The molecule has 0 saturated carbocycles. The number of halogens is 1. The van der Waals surface area contributed by atoms with E-state index in [4.69, 9.17) is 0 Å². The molecule has 2 aromatic rings. The zero-order valence-electron chi connectivity index (χ0n) is 10.8. The number of aliphatic hydroxyl groups excluding tert-OH is 1. The SMILES string of the molecule is CC(NC(=O)Cn1cnnn1)C(O)c1ccc(F)cc1. The van der Waals surface area contributed by atoms with Crippen molar-refractivity contribution in [2.75, 3.05) is 0 Å². The summed E-state index contributed by atoms with van der Waals surface area (Å²) in [5.41, 5.74) is 0.529. The van der Waals surface area contributed by atoms with E-state index in [2.05, 4.69) is 20.8 Å². The van der Waals surface area contributed by atoms with Crippen LogP contribution in [-0.2, 0) is 11.3 Å². The fourth-order valence-electron chi connectivity index (χ4n) is 1.73. The molecule has 20 heavy (non-hydrogen) atoms. The van der Waals surface area contributed by atoms with E-state index >= 15 is 0 Å². The topological polar surface area (TPSA) is 92.9 Å². The summed E-state index contributed by atoms with van der Waals surface area (Å²) < 4.78 is 14.1. The number of hydrogen-bond acceptors (Lipinski definition) is 5. The van der Waals surface area contributed by atoms with Gasteiger partial charge in [0.1, 0.15) is 18.7 Å². The number of carbonyl (C=O) groups excluding carboxylic acids is 1. The monoisotopic (exact) mass is 279 g/mol. The van der Waals surface area contributed by atoms with Gasteiger partial charge in [-0.1, -0.05) is 12.1 Å². The molecule has 106 valence electrons. The van der Waals surface area contributed by atoms with E-state index < -0.39 is 12.1 Å². The normalized spacial score (nSPS) is 13.8. The van der Waals surface area contributed by atoms with Crippen molar-refractivity contribution in [2.45, 2.75) is 25.6 Å². The largest absolute Gasteiger partial charge is 0.386 e. The number of aromatic nitrogens is 4. The third kappa shape index (κ3) is 3.58. The molecular formula is C12H14FN5O2. The van der Waals surface area contributed by atoms with Crippen LogP contribution in [0.4, 0.5) is 4.39 Å². The van der Waals surface area contributed by atoms with Crippen molar-refractivity contribution in [1.29, 1.82) is 0 Å². The second-order valence-corrected chi connectivity index (χ2v) is 4.36. The number of hydrogen-bond donors (Lipinski definition) is 2. The summed E-state index contributed by atoms with van der Waals surface area (Å²) in [6, 6.07) is 4.94. The highest BCUT2D eigenvalue weighted by atomic mass is 19.1. The highest BCUT2D eigenvalue weighted by Crippen LogP contribution is 2.17. The molecule has 2 atom stereocenters. The lowest BCUT2D eigenvalue weighted by Crippen LogP contribution is -2.39. The fourth-order valence-corrected chi connectivity index (χ4v) is 1.73. The zero-order valence-corrected chi connectivity index (χ0v) is 10.8. The number of aliphatic hydroxyl groups is 1. The van der Waals surface area contributed by atoms with E-state index in [-0.39, 0.29) is 18.3 Å². The van der Waals surface area contributed by atoms with Crippen molar-refractivity contribution >= 4 is 5.91 Å². The third-order valence-corrected chi connectivity index (χ3v) is 2.77. The smallest absolute Gasteiger partial charge is 0.242 e. The molecule has 0 aliphatic heterocycles. The van der Waals surface area contributed by atoms with Crippen LogP contribution in [0.15, 0.2) is 30.6 Å². The molecule has 0 aliphatic rings. The van der Waals surface area contributed by atoms with Gasteiger partial charge >= 0.3 is 0 Å². The number of nitrogens with zero attached hydrogens (tertiary/aromatic N) is 4. The summed E-state index contributed by atoms with van der Waals surface area (Å²) in [4.78, 5) is 11.7. The van der Waals surface area contributed by atoms with Gasteiger partial charge in [0.15, 0.2) is 0 Å². The molecule has 0 fully saturated rings. The third-order valence-electron chi connectivity index (χ3n) is 2.77. The molecule has 0 spiro atoms. The van der Waals surface area contributed by atoms with Crippen molar-refractivity contribution in [1.82, 2.24) is 25.5 Å². The van der Waals surface area contributed by atoms with Gasteiger partial charge in [-0.3, -0.25) is 4.79 Å². The molecule has 1 heterocycles. The van der Waals surface area contributed by atoms with Gasteiger partial charge in [-0.25, -0.2) is 9.07 Å². The number of amides is 1. The molecule has 0 saturated heterocycles. The lowest BCUT2D eigenvalue weighted by atomic mass is 10.0. The van der Waals surface area contributed by atoms with Crippen LogP contribution in [0.2, 0.25) is 0 Å². The molecule has 0 aliphatic carbocycles. The van der Waals surface area contributed by atoms with Gasteiger partial charge < -0.3 is 10.4 Å². The molecule has 7 nitrogen and oxygen atoms in total.